The summed E-state index contributed by atoms with van der Waals surface area (Å²) in [4.78, 5) is 0. The van der Waals surface area contributed by atoms with Crippen molar-refractivity contribution in [3.63, 3.8) is 0 Å². The van der Waals surface area contributed by atoms with Gasteiger partial charge in [-0.3, -0.25) is 0 Å². The predicted molar refractivity (Wildman–Crippen MR) is 209 cm³/mol. The first-order valence-electron chi connectivity index (χ1n) is 16.1. The molecule has 0 amide bonds. The van der Waals surface area contributed by atoms with Gasteiger partial charge in [0.1, 0.15) is 0 Å². The largest absolute Gasteiger partial charge is 0.0622 e. The third-order valence-electron chi connectivity index (χ3n) is 8.85. The van der Waals surface area contributed by atoms with Crippen LogP contribution in [0.2, 0.25) is 0 Å². The summed E-state index contributed by atoms with van der Waals surface area (Å²) in [7, 11) is -1.72. The van der Waals surface area contributed by atoms with Crippen molar-refractivity contribution in [3.05, 3.63) is 194 Å². The molecule has 0 saturated carbocycles. The maximum absolute atomic E-state index is 2.43. The standard InChI is InChI=1S/C45H34P2/c1-33-26-29-41-35(32-33)28-31-43(47(38-21-10-4-11-22-38)39-23-12-5-13-24-39)45(41)44-40-25-15-14-16-34(40)27-30-42(44)46(36-17-6-2-7-18-36)37-19-8-3-9-20-37/h2-32H,1H3. The lowest BCUT2D eigenvalue weighted by atomic mass is 9.93. The van der Waals surface area contributed by atoms with Crippen LogP contribution in [-0.4, -0.2) is 0 Å². The van der Waals surface area contributed by atoms with Gasteiger partial charge in [-0.25, -0.2) is 0 Å². The van der Waals surface area contributed by atoms with Crippen molar-refractivity contribution in [2.45, 2.75) is 6.92 Å². The summed E-state index contributed by atoms with van der Waals surface area (Å²) in [6.07, 6.45) is 0. The van der Waals surface area contributed by atoms with E-state index in [0.29, 0.717) is 0 Å². The lowest BCUT2D eigenvalue weighted by Crippen LogP contribution is -2.26. The molecule has 2 heteroatoms. The fraction of sp³-hybridized carbons (Fsp3) is 0.0222. The molecule has 8 rings (SSSR count). The summed E-state index contributed by atoms with van der Waals surface area (Å²) >= 11 is 0. The monoisotopic (exact) mass is 636 g/mol. The Labute approximate surface area is 279 Å². The molecular formula is C45H34P2. The van der Waals surface area contributed by atoms with Crippen LogP contribution < -0.4 is 31.8 Å². The molecule has 0 unspecified atom stereocenters. The van der Waals surface area contributed by atoms with Crippen LogP contribution >= 0.6 is 15.8 Å². The number of rotatable bonds is 7. The highest BCUT2D eigenvalue weighted by atomic mass is 31.1. The Balaban J connectivity index is 1.54. The van der Waals surface area contributed by atoms with Gasteiger partial charge in [-0.05, 0) is 87.3 Å². The Hall–Kier alpha value is -4.86. The molecule has 0 bridgehead atoms. The van der Waals surface area contributed by atoms with Crippen molar-refractivity contribution in [2.24, 2.45) is 0 Å². The van der Waals surface area contributed by atoms with E-state index >= 15 is 0 Å². The van der Waals surface area contributed by atoms with E-state index in [0.717, 1.165) is 0 Å². The summed E-state index contributed by atoms with van der Waals surface area (Å²) in [6.45, 7) is 2.20. The normalized spacial score (nSPS) is 11.5. The van der Waals surface area contributed by atoms with E-state index in [1.807, 2.05) is 0 Å². The van der Waals surface area contributed by atoms with E-state index in [-0.39, 0.29) is 0 Å². The molecule has 0 nitrogen and oxygen atoms in total. The third kappa shape index (κ3) is 5.70. The molecule has 0 aliphatic rings. The fourth-order valence-corrected chi connectivity index (χ4v) is 11.7. The SMILES string of the molecule is Cc1ccc2c(-c3c(P(c4ccccc4)c4ccccc4)ccc4ccccc34)c(P(c3ccccc3)c3ccccc3)ccc2c1. The molecule has 0 aromatic heterocycles. The first-order chi connectivity index (χ1) is 23.3. The van der Waals surface area contributed by atoms with E-state index < -0.39 is 15.8 Å². The summed E-state index contributed by atoms with van der Waals surface area (Å²) in [5.74, 6) is 0. The summed E-state index contributed by atoms with van der Waals surface area (Å²) in [6, 6.07) is 70.0. The number of fused-ring (bicyclic) bond motifs is 2. The van der Waals surface area contributed by atoms with E-state index in [4.69, 9.17) is 0 Å². The van der Waals surface area contributed by atoms with E-state index in [1.54, 1.807) is 0 Å². The highest BCUT2D eigenvalue weighted by Crippen LogP contribution is 2.45. The molecule has 0 N–H and O–H groups in total. The molecular weight excluding hydrogens is 602 g/mol. The Bertz CT molecular complexity index is 2220. The van der Waals surface area contributed by atoms with Crippen LogP contribution in [0.25, 0.3) is 32.7 Å². The lowest BCUT2D eigenvalue weighted by molar-refractivity contribution is 1.51. The minimum atomic E-state index is -0.860. The fourth-order valence-electron chi connectivity index (χ4n) is 6.76. The number of aryl methyl sites for hydroxylation is 1. The van der Waals surface area contributed by atoms with Gasteiger partial charge in [-0.1, -0.05) is 194 Å². The van der Waals surface area contributed by atoms with Gasteiger partial charge in [0.15, 0.2) is 0 Å². The molecule has 0 heterocycles. The second-order valence-corrected chi connectivity index (χ2v) is 16.2. The number of benzene rings is 8. The summed E-state index contributed by atoms with van der Waals surface area (Å²) in [5.41, 5.74) is 3.98. The molecule has 0 radical (unpaired) electrons. The highest BCUT2D eigenvalue weighted by molar-refractivity contribution is 7.80. The molecule has 8 aromatic rings. The second-order valence-electron chi connectivity index (χ2n) is 11.9. The first-order valence-corrected chi connectivity index (χ1v) is 18.8. The Morgan fingerprint density at radius 1 is 0.319 bits per heavy atom. The van der Waals surface area contributed by atoms with Crippen molar-refractivity contribution in [1.82, 2.24) is 0 Å². The van der Waals surface area contributed by atoms with Crippen molar-refractivity contribution >= 4 is 69.2 Å². The highest BCUT2D eigenvalue weighted by Gasteiger charge is 2.28. The third-order valence-corrected chi connectivity index (χ3v) is 13.8. The van der Waals surface area contributed by atoms with Crippen LogP contribution in [-0.2, 0) is 0 Å². The second kappa shape index (κ2) is 13.1. The molecule has 224 valence electrons. The van der Waals surface area contributed by atoms with E-state index in [2.05, 4.69) is 195 Å². The van der Waals surface area contributed by atoms with Gasteiger partial charge in [-0.15, -0.1) is 0 Å². The van der Waals surface area contributed by atoms with Gasteiger partial charge < -0.3 is 0 Å². The van der Waals surface area contributed by atoms with Crippen molar-refractivity contribution in [3.8, 4) is 11.1 Å². The van der Waals surface area contributed by atoms with Crippen LogP contribution in [0.1, 0.15) is 5.56 Å². The van der Waals surface area contributed by atoms with Crippen molar-refractivity contribution in [2.75, 3.05) is 0 Å². The van der Waals surface area contributed by atoms with Crippen LogP contribution in [0, 0.1) is 6.92 Å². The molecule has 47 heavy (non-hydrogen) atoms. The number of hydrogen-bond donors (Lipinski definition) is 0. The van der Waals surface area contributed by atoms with E-state index in [9.17, 15) is 0 Å². The zero-order valence-corrected chi connectivity index (χ0v) is 28.1. The zero-order chi connectivity index (χ0) is 31.6. The summed E-state index contributed by atoms with van der Waals surface area (Å²) < 4.78 is 0. The van der Waals surface area contributed by atoms with Gasteiger partial charge in [0.2, 0.25) is 0 Å². The minimum Gasteiger partial charge on any atom is -0.0622 e. The molecule has 0 spiro atoms. The molecule has 0 atom stereocenters. The lowest BCUT2D eigenvalue weighted by Gasteiger charge is -2.28. The quantitative estimate of drug-likeness (QED) is 0.153. The van der Waals surface area contributed by atoms with Crippen LogP contribution in [0.3, 0.4) is 0 Å². The van der Waals surface area contributed by atoms with Gasteiger partial charge in [-0.2, -0.15) is 0 Å². The van der Waals surface area contributed by atoms with Crippen molar-refractivity contribution < 1.29 is 0 Å². The molecule has 0 fully saturated rings. The smallest absolute Gasteiger partial charge is 0.000883 e. The minimum absolute atomic E-state index is 0.858. The van der Waals surface area contributed by atoms with Crippen LogP contribution in [0.15, 0.2) is 188 Å². The Morgan fingerprint density at radius 3 is 1.17 bits per heavy atom. The predicted octanol–water partition coefficient (Wildman–Crippen LogP) is 9.48. The van der Waals surface area contributed by atoms with E-state index in [1.165, 1.54) is 70.1 Å². The topological polar surface area (TPSA) is 0 Å². The Morgan fingerprint density at radius 2 is 0.702 bits per heavy atom. The average molecular weight is 637 g/mol. The average Bonchev–Trinajstić information content (AvgIpc) is 3.14. The molecule has 0 aliphatic heterocycles. The number of hydrogen-bond acceptors (Lipinski definition) is 0. The maximum atomic E-state index is 2.43. The maximum Gasteiger partial charge on any atom is -0.000883 e. The molecule has 0 saturated heterocycles. The zero-order valence-electron chi connectivity index (χ0n) is 26.3. The van der Waals surface area contributed by atoms with Gasteiger partial charge in [0, 0.05) is 0 Å². The molecule has 0 aliphatic carbocycles. The Kier molecular flexibility index (Phi) is 8.23. The first kappa shape index (κ1) is 29.5. The summed E-state index contributed by atoms with van der Waals surface area (Å²) in [5, 5.41) is 13.4. The van der Waals surface area contributed by atoms with Gasteiger partial charge >= 0.3 is 0 Å². The van der Waals surface area contributed by atoms with Gasteiger partial charge in [0.25, 0.3) is 0 Å². The van der Waals surface area contributed by atoms with Crippen molar-refractivity contribution in [1.29, 1.82) is 0 Å². The van der Waals surface area contributed by atoms with Crippen LogP contribution in [0.5, 0.6) is 0 Å². The van der Waals surface area contributed by atoms with Gasteiger partial charge in [0.05, 0.1) is 0 Å². The molecule has 8 aromatic carbocycles. The van der Waals surface area contributed by atoms with Crippen LogP contribution in [0.4, 0.5) is 0 Å².